The number of rotatable bonds is 8. The van der Waals surface area contributed by atoms with Crippen LogP contribution in [0.5, 0.6) is 0 Å². The maximum absolute atomic E-state index is 12.8. The minimum atomic E-state index is -2.00. The zero-order valence-electron chi connectivity index (χ0n) is 18.6. The quantitative estimate of drug-likeness (QED) is 0.368. The highest BCUT2D eigenvalue weighted by molar-refractivity contribution is 6.74. The van der Waals surface area contributed by atoms with Gasteiger partial charge in [-0.25, -0.2) is 4.79 Å². The Bertz CT molecular complexity index is 658. The first-order valence-electron chi connectivity index (χ1n) is 10.4. The van der Waals surface area contributed by atoms with Crippen molar-refractivity contribution in [2.24, 2.45) is 11.8 Å². The van der Waals surface area contributed by atoms with E-state index in [0.717, 1.165) is 0 Å². The average Bonchev–Trinajstić information content (AvgIpc) is 3.07. The number of amides is 2. The van der Waals surface area contributed by atoms with Crippen molar-refractivity contribution in [2.75, 3.05) is 19.7 Å². The van der Waals surface area contributed by atoms with Gasteiger partial charge in [-0.3, -0.25) is 9.59 Å². The van der Waals surface area contributed by atoms with E-state index in [1.54, 1.807) is 4.90 Å². The Labute approximate surface area is 175 Å². The van der Waals surface area contributed by atoms with Crippen LogP contribution in [-0.4, -0.2) is 62.8 Å². The summed E-state index contributed by atoms with van der Waals surface area (Å²) >= 11 is 0. The number of β-lactam (4-membered cyclic amide) rings is 1. The van der Waals surface area contributed by atoms with Gasteiger partial charge in [-0.2, -0.15) is 0 Å². The molecule has 164 valence electrons. The maximum Gasteiger partial charge on any atom is 0.410 e. The number of Topliss-reactive ketones (excluding diaryl/α,β-unsaturated/α-hetero) is 1. The number of carbonyl (C=O) groups excluding carboxylic acids is 3. The van der Waals surface area contributed by atoms with Crippen LogP contribution in [0.4, 0.5) is 4.79 Å². The predicted octanol–water partition coefficient (Wildman–Crippen LogP) is 3.12. The third-order valence-corrected chi connectivity index (χ3v) is 11.1. The zero-order valence-corrected chi connectivity index (χ0v) is 19.6. The SMILES string of the molecule is C=CCOC(=O)N1CC[C@@H](C(=O)C[C@H]2NC(=O)[C@@H]2[C@@H](C)O[Si](C)(C)C(C)(C)C)C1. The van der Waals surface area contributed by atoms with Crippen LogP contribution in [0.3, 0.4) is 0 Å². The van der Waals surface area contributed by atoms with Gasteiger partial charge in [0.2, 0.25) is 5.91 Å². The molecule has 0 aromatic rings. The second kappa shape index (κ2) is 9.00. The second-order valence-corrected chi connectivity index (χ2v) is 14.4. The van der Waals surface area contributed by atoms with E-state index in [0.29, 0.717) is 19.5 Å². The van der Waals surface area contributed by atoms with Crippen LogP contribution in [0.2, 0.25) is 18.1 Å². The molecule has 0 unspecified atom stereocenters. The molecule has 2 aliphatic rings. The molecule has 4 atom stereocenters. The fraction of sp³-hybridized carbons (Fsp3) is 0.762. The Morgan fingerprint density at radius 3 is 2.59 bits per heavy atom. The maximum atomic E-state index is 12.8. The van der Waals surface area contributed by atoms with Crippen LogP contribution >= 0.6 is 0 Å². The van der Waals surface area contributed by atoms with E-state index in [4.69, 9.17) is 9.16 Å². The third kappa shape index (κ3) is 5.48. The van der Waals surface area contributed by atoms with Gasteiger partial charge in [-0.1, -0.05) is 33.4 Å². The highest BCUT2D eigenvalue weighted by Crippen LogP contribution is 2.39. The Balaban J connectivity index is 1.90. The number of nitrogens with one attached hydrogen (secondary N) is 1. The summed E-state index contributed by atoms with van der Waals surface area (Å²) in [5.74, 6) is -0.474. The fourth-order valence-electron chi connectivity index (χ4n) is 3.68. The fourth-order valence-corrected chi connectivity index (χ4v) is 5.11. The Morgan fingerprint density at radius 1 is 1.38 bits per heavy atom. The van der Waals surface area contributed by atoms with Crippen molar-refractivity contribution in [3.8, 4) is 0 Å². The first-order valence-corrected chi connectivity index (χ1v) is 13.3. The summed E-state index contributed by atoms with van der Waals surface area (Å²) in [5, 5.41) is 2.93. The van der Waals surface area contributed by atoms with Crippen LogP contribution in [0.25, 0.3) is 0 Å². The van der Waals surface area contributed by atoms with E-state index in [9.17, 15) is 14.4 Å². The van der Waals surface area contributed by atoms with Crippen molar-refractivity contribution in [3.05, 3.63) is 12.7 Å². The van der Waals surface area contributed by atoms with Gasteiger partial charge < -0.3 is 19.4 Å². The van der Waals surface area contributed by atoms with E-state index >= 15 is 0 Å². The van der Waals surface area contributed by atoms with E-state index in [-0.39, 0.29) is 53.7 Å². The highest BCUT2D eigenvalue weighted by atomic mass is 28.4. The van der Waals surface area contributed by atoms with Crippen molar-refractivity contribution in [2.45, 2.75) is 70.8 Å². The molecule has 2 fully saturated rings. The van der Waals surface area contributed by atoms with Gasteiger partial charge in [0.1, 0.15) is 12.4 Å². The van der Waals surface area contributed by atoms with E-state index in [1.165, 1.54) is 6.08 Å². The molecule has 0 bridgehead atoms. The molecule has 0 radical (unpaired) electrons. The topological polar surface area (TPSA) is 84.9 Å². The first-order chi connectivity index (χ1) is 13.4. The lowest BCUT2D eigenvalue weighted by Gasteiger charge is -2.45. The van der Waals surface area contributed by atoms with Gasteiger partial charge in [0, 0.05) is 31.5 Å². The number of ether oxygens (including phenoxy) is 1. The van der Waals surface area contributed by atoms with Crippen LogP contribution in [0.15, 0.2) is 12.7 Å². The zero-order chi connectivity index (χ0) is 22.0. The van der Waals surface area contributed by atoms with Crippen LogP contribution in [0.1, 0.15) is 40.5 Å². The summed E-state index contributed by atoms with van der Waals surface area (Å²) in [6, 6.07) is -0.198. The van der Waals surface area contributed by atoms with Gasteiger partial charge in [-0.15, -0.1) is 0 Å². The molecule has 0 aromatic heterocycles. The summed E-state index contributed by atoms with van der Waals surface area (Å²) in [5.41, 5.74) is 0. The molecule has 1 N–H and O–H groups in total. The molecule has 8 heteroatoms. The number of likely N-dealkylation sites (tertiary alicyclic amines) is 1. The van der Waals surface area contributed by atoms with Gasteiger partial charge in [0.15, 0.2) is 8.32 Å². The lowest BCUT2D eigenvalue weighted by molar-refractivity contribution is -0.141. The van der Waals surface area contributed by atoms with Crippen molar-refractivity contribution in [1.29, 1.82) is 0 Å². The number of ketones is 1. The molecule has 2 aliphatic heterocycles. The van der Waals surface area contributed by atoms with Gasteiger partial charge in [0.05, 0.1) is 12.0 Å². The van der Waals surface area contributed by atoms with Gasteiger partial charge in [0.25, 0.3) is 0 Å². The highest BCUT2D eigenvalue weighted by Gasteiger charge is 2.48. The smallest absolute Gasteiger partial charge is 0.410 e. The van der Waals surface area contributed by atoms with E-state index in [2.05, 4.69) is 45.8 Å². The molecular weight excluding hydrogens is 388 g/mol. The molecule has 2 amide bonds. The monoisotopic (exact) mass is 424 g/mol. The van der Waals surface area contributed by atoms with E-state index < -0.39 is 14.4 Å². The molecule has 2 heterocycles. The average molecular weight is 425 g/mol. The van der Waals surface area contributed by atoms with Crippen LogP contribution in [0, 0.1) is 11.8 Å². The van der Waals surface area contributed by atoms with E-state index in [1.807, 2.05) is 6.92 Å². The third-order valence-electron chi connectivity index (χ3n) is 6.50. The van der Waals surface area contributed by atoms with Crippen molar-refractivity contribution < 1.29 is 23.5 Å². The molecule has 29 heavy (non-hydrogen) atoms. The van der Waals surface area contributed by atoms with Crippen molar-refractivity contribution in [3.63, 3.8) is 0 Å². The summed E-state index contributed by atoms with van der Waals surface area (Å²) in [6.45, 7) is 17.3. The molecule has 2 rings (SSSR count). The first kappa shape index (κ1) is 23.6. The molecule has 0 spiro atoms. The van der Waals surface area contributed by atoms with Crippen LogP contribution < -0.4 is 5.32 Å². The number of carbonyl (C=O) groups is 3. The minimum Gasteiger partial charge on any atom is -0.445 e. The minimum absolute atomic E-state index is 0.0462. The molecule has 0 aliphatic carbocycles. The summed E-state index contributed by atoms with van der Waals surface area (Å²) in [6.07, 6.45) is 1.79. The largest absolute Gasteiger partial charge is 0.445 e. The number of nitrogens with zero attached hydrogens (tertiary/aromatic N) is 1. The van der Waals surface area contributed by atoms with Gasteiger partial charge >= 0.3 is 6.09 Å². The molecule has 0 saturated carbocycles. The normalized spacial score (nSPS) is 25.8. The Morgan fingerprint density at radius 2 is 2.03 bits per heavy atom. The Hall–Kier alpha value is -1.67. The van der Waals surface area contributed by atoms with Crippen molar-refractivity contribution >= 4 is 26.1 Å². The summed E-state index contributed by atoms with van der Waals surface area (Å²) in [4.78, 5) is 38.5. The van der Waals surface area contributed by atoms with Crippen molar-refractivity contribution in [1.82, 2.24) is 10.2 Å². The van der Waals surface area contributed by atoms with Crippen LogP contribution in [-0.2, 0) is 18.8 Å². The molecule has 2 saturated heterocycles. The summed E-state index contributed by atoms with van der Waals surface area (Å²) < 4.78 is 11.4. The van der Waals surface area contributed by atoms with Gasteiger partial charge in [-0.05, 0) is 31.5 Å². The molecule has 7 nitrogen and oxygen atoms in total. The lowest BCUT2D eigenvalue weighted by atomic mass is 9.81. The second-order valence-electron chi connectivity index (χ2n) is 9.69. The predicted molar refractivity (Wildman–Crippen MR) is 114 cm³/mol. The summed E-state index contributed by atoms with van der Waals surface area (Å²) in [7, 11) is -2.00. The molecular formula is C21H36N2O5Si. The lowest BCUT2D eigenvalue weighted by Crippen LogP contribution is -2.64. The number of hydrogen-bond donors (Lipinski definition) is 1. The Kier molecular flexibility index (Phi) is 7.32. The standard InChI is InChI=1S/C21H36N2O5Si/c1-8-11-27-20(26)23-10-9-15(13-23)17(24)12-16-18(19(25)22-16)14(2)28-29(6,7)21(3,4)5/h8,14-16,18H,1,9-13H2,2-7H3,(H,22,25)/t14-,15-,16-,18-/m1/s1. The molecule has 0 aromatic carbocycles. The number of hydrogen-bond acceptors (Lipinski definition) is 5.